The second-order valence-corrected chi connectivity index (χ2v) is 4.95. The van der Waals surface area contributed by atoms with Crippen LogP contribution in [0.25, 0.3) is 16.2 Å². The van der Waals surface area contributed by atoms with E-state index >= 15 is 0 Å². The molecule has 3 heterocycles. The van der Waals surface area contributed by atoms with Gasteiger partial charge in [-0.25, -0.2) is 9.50 Å². The van der Waals surface area contributed by atoms with Crippen LogP contribution in [0.4, 0.5) is 0 Å². The van der Waals surface area contributed by atoms with Crippen LogP contribution >= 0.6 is 27.3 Å². The van der Waals surface area contributed by atoms with E-state index in [4.69, 9.17) is 4.42 Å². The Morgan fingerprint density at radius 3 is 3.14 bits per heavy atom. The van der Waals surface area contributed by atoms with Crippen molar-refractivity contribution in [2.45, 2.75) is 0 Å². The fraction of sp³-hybridized carbons (Fsp3) is 0. The van der Waals surface area contributed by atoms with Crippen molar-refractivity contribution in [3.8, 4) is 11.3 Å². The Bertz CT molecular complexity index is 537. The summed E-state index contributed by atoms with van der Waals surface area (Å²) in [6, 6.07) is 1.88. The lowest BCUT2D eigenvalue weighted by Crippen LogP contribution is -1.77. The third-order valence-electron chi connectivity index (χ3n) is 1.84. The quantitative estimate of drug-likeness (QED) is 0.682. The Kier molecular flexibility index (Phi) is 1.71. The van der Waals surface area contributed by atoms with Crippen molar-refractivity contribution in [3.63, 3.8) is 0 Å². The van der Waals surface area contributed by atoms with Gasteiger partial charge in [-0.1, -0.05) is 11.3 Å². The van der Waals surface area contributed by atoms with Gasteiger partial charge in [0.2, 0.25) is 4.96 Å². The maximum Gasteiger partial charge on any atom is 0.213 e. The van der Waals surface area contributed by atoms with Crippen molar-refractivity contribution in [1.82, 2.24) is 14.6 Å². The second-order valence-electron chi connectivity index (χ2n) is 2.72. The van der Waals surface area contributed by atoms with E-state index in [1.807, 2.05) is 12.3 Å². The predicted octanol–water partition coefficient (Wildman–Crippen LogP) is 2.81. The third-order valence-corrected chi connectivity index (χ3v) is 3.19. The standard InChI is InChI=1S/C8H4BrN3OS/c9-7-11-12-3-6(10-8(12)14-7)5-1-2-13-4-5/h1-4H. The minimum Gasteiger partial charge on any atom is -0.472 e. The molecule has 3 aromatic rings. The molecular weight excluding hydrogens is 266 g/mol. The third kappa shape index (κ3) is 1.18. The number of hydrogen-bond donors (Lipinski definition) is 0. The zero-order valence-corrected chi connectivity index (χ0v) is 9.25. The summed E-state index contributed by atoms with van der Waals surface area (Å²) in [5, 5.41) is 4.20. The maximum absolute atomic E-state index is 4.99. The monoisotopic (exact) mass is 269 g/mol. The van der Waals surface area contributed by atoms with Crippen LogP contribution in [0.5, 0.6) is 0 Å². The molecule has 0 aliphatic carbocycles. The molecular formula is C8H4BrN3OS. The number of halogens is 1. The molecule has 0 aromatic carbocycles. The summed E-state index contributed by atoms with van der Waals surface area (Å²) in [5.74, 6) is 0. The molecule has 0 saturated heterocycles. The van der Waals surface area contributed by atoms with Crippen molar-refractivity contribution in [2.75, 3.05) is 0 Å². The fourth-order valence-electron chi connectivity index (χ4n) is 1.23. The van der Waals surface area contributed by atoms with Crippen LogP contribution < -0.4 is 0 Å². The van der Waals surface area contributed by atoms with Crippen LogP contribution in [0.2, 0.25) is 0 Å². The molecule has 0 saturated carbocycles. The highest BCUT2D eigenvalue weighted by Gasteiger charge is 2.08. The molecule has 0 radical (unpaired) electrons. The van der Waals surface area contributed by atoms with Gasteiger partial charge in [0, 0.05) is 5.56 Å². The minimum atomic E-state index is 0.832. The SMILES string of the molecule is Brc1nn2cc(-c3ccoc3)nc2s1. The molecule has 3 aromatic heterocycles. The molecule has 0 aliphatic heterocycles. The summed E-state index contributed by atoms with van der Waals surface area (Å²) in [4.78, 5) is 5.27. The number of rotatable bonds is 1. The lowest BCUT2D eigenvalue weighted by atomic mass is 10.3. The molecule has 0 bridgehead atoms. The highest BCUT2D eigenvalue weighted by molar-refractivity contribution is 9.11. The maximum atomic E-state index is 4.99. The molecule has 70 valence electrons. The normalized spacial score (nSPS) is 11.2. The number of furan rings is 1. The molecule has 0 atom stereocenters. The molecule has 14 heavy (non-hydrogen) atoms. The second kappa shape index (κ2) is 2.93. The topological polar surface area (TPSA) is 43.3 Å². The Hall–Kier alpha value is -1.14. The highest BCUT2D eigenvalue weighted by atomic mass is 79.9. The van der Waals surface area contributed by atoms with Crippen LogP contribution in [-0.2, 0) is 0 Å². The number of imidazole rings is 1. The van der Waals surface area contributed by atoms with Crippen molar-refractivity contribution in [2.24, 2.45) is 0 Å². The Balaban J connectivity index is 2.20. The van der Waals surface area contributed by atoms with E-state index in [1.165, 1.54) is 11.3 Å². The van der Waals surface area contributed by atoms with Crippen LogP contribution in [0.15, 0.2) is 33.1 Å². The lowest BCUT2D eigenvalue weighted by molar-refractivity contribution is 0.568. The molecule has 0 fully saturated rings. The molecule has 0 unspecified atom stereocenters. The highest BCUT2D eigenvalue weighted by Crippen LogP contribution is 2.24. The average Bonchev–Trinajstić information content (AvgIpc) is 2.74. The van der Waals surface area contributed by atoms with E-state index < -0.39 is 0 Å². The van der Waals surface area contributed by atoms with Gasteiger partial charge in [0.15, 0.2) is 3.92 Å². The van der Waals surface area contributed by atoms with Gasteiger partial charge in [-0.3, -0.25) is 0 Å². The van der Waals surface area contributed by atoms with Crippen molar-refractivity contribution < 1.29 is 4.42 Å². The van der Waals surface area contributed by atoms with Gasteiger partial charge in [-0.2, -0.15) is 0 Å². The summed E-state index contributed by atoms with van der Waals surface area (Å²) < 4.78 is 7.57. The van der Waals surface area contributed by atoms with E-state index in [2.05, 4.69) is 26.0 Å². The molecule has 4 nitrogen and oxygen atoms in total. The van der Waals surface area contributed by atoms with Crippen LogP contribution in [-0.4, -0.2) is 14.6 Å². The van der Waals surface area contributed by atoms with Gasteiger partial charge in [-0.15, -0.1) is 5.10 Å². The van der Waals surface area contributed by atoms with Crippen molar-refractivity contribution >= 4 is 32.2 Å². The largest absolute Gasteiger partial charge is 0.472 e. The molecule has 0 amide bonds. The number of aromatic nitrogens is 3. The zero-order chi connectivity index (χ0) is 9.54. The number of fused-ring (bicyclic) bond motifs is 1. The Morgan fingerprint density at radius 1 is 1.50 bits per heavy atom. The van der Waals surface area contributed by atoms with Crippen LogP contribution in [0, 0.1) is 0 Å². The first-order valence-electron chi connectivity index (χ1n) is 3.87. The van der Waals surface area contributed by atoms with E-state index in [1.54, 1.807) is 17.0 Å². The van der Waals surface area contributed by atoms with Crippen LogP contribution in [0.1, 0.15) is 0 Å². The molecule has 3 rings (SSSR count). The minimum absolute atomic E-state index is 0.832. The van der Waals surface area contributed by atoms with Gasteiger partial charge < -0.3 is 4.42 Å². The van der Waals surface area contributed by atoms with Crippen molar-refractivity contribution in [3.05, 3.63) is 28.7 Å². The lowest BCUT2D eigenvalue weighted by Gasteiger charge is -1.83. The number of hydrogen-bond acceptors (Lipinski definition) is 4. The molecule has 6 heteroatoms. The summed E-state index contributed by atoms with van der Waals surface area (Å²) in [5.41, 5.74) is 1.85. The summed E-state index contributed by atoms with van der Waals surface area (Å²) in [6.07, 6.45) is 5.18. The summed E-state index contributed by atoms with van der Waals surface area (Å²) in [6.45, 7) is 0. The average molecular weight is 270 g/mol. The van der Waals surface area contributed by atoms with E-state index in [0.29, 0.717) is 0 Å². The van der Waals surface area contributed by atoms with Gasteiger partial charge in [-0.05, 0) is 22.0 Å². The Morgan fingerprint density at radius 2 is 2.43 bits per heavy atom. The van der Waals surface area contributed by atoms with Gasteiger partial charge in [0.25, 0.3) is 0 Å². The van der Waals surface area contributed by atoms with Gasteiger partial charge in [0.05, 0.1) is 24.4 Å². The van der Waals surface area contributed by atoms with E-state index in [9.17, 15) is 0 Å². The zero-order valence-electron chi connectivity index (χ0n) is 6.85. The predicted molar refractivity (Wildman–Crippen MR) is 56.3 cm³/mol. The van der Waals surface area contributed by atoms with E-state index in [-0.39, 0.29) is 0 Å². The van der Waals surface area contributed by atoms with E-state index in [0.717, 1.165) is 20.1 Å². The first-order valence-corrected chi connectivity index (χ1v) is 5.48. The van der Waals surface area contributed by atoms with Gasteiger partial charge >= 0.3 is 0 Å². The fourth-order valence-corrected chi connectivity index (χ4v) is 2.44. The van der Waals surface area contributed by atoms with Crippen molar-refractivity contribution in [1.29, 1.82) is 0 Å². The Labute approximate surface area is 91.3 Å². The summed E-state index contributed by atoms with van der Waals surface area (Å²) >= 11 is 4.80. The first kappa shape index (κ1) is 8.19. The molecule has 0 N–H and O–H groups in total. The number of nitrogens with zero attached hydrogens (tertiary/aromatic N) is 3. The molecule has 0 aliphatic rings. The van der Waals surface area contributed by atoms with Gasteiger partial charge in [0.1, 0.15) is 0 Å². The molecule has 0 spiro atoms. The smallest absolute Gasteiger partial charge is 0.213 e. The first-order chi connectivity index (χ1) is 6.83. The van der Waals surface area contributed by atoms with Crippen LogP contribution in [0.3, 0.4) is 0 Å². The summed E-state index contributed by atoms with van der Waals surface area (Å²) in [7, 11) is 0.